The first-order valence-electron chi connectivity index (χ1n) is 3.38. The summed E-state index contributed by atoms with van der Waals surface area (Å²) in [6.45, 7) is 0. The largest absolute Gasteiger partial charge is 0.506 e. The Morgan fingerprint density at radius 1 is 1.42 bits per heavy atom. The predicted octanol–water partition coefficient (Wildman–Crippen LogP) is 2.48. The van der Waals surface area contributed by atoms with Crippen LogP contribution in [0.25, 0.3) is 10.1 Å². The number of fused-ring (bicyclic) bond motifs is 1. The van der Waals surface area contributed by atoms with E-state index in [0.29, 0.717) is 16.0 Å². The quantitative estimate of drug-likeness (QED) is 0.449. The fraction of sp³-hybridized carbons (Fsp3) is 0. The summed E-state index contributed by atoms with van der Waals surface area (Å²) in [5.74, 6) is 0.239. The molecule has 0 atom stereocenters. The number of benzene rings is 1. The zero-order chi connectivity index (χ0) is 8.72. The van der Waals surface area contributed by atoms with E-state index < -0.39 is 0 Å². The summed E-state index contributed by atoms with van der Waals surface area (Å²) in [7, 11) is 0. The maximum absolute atomic E-state index is 9.41. The van der Waals surface area contributed by atoms with Gasteiger partial charge >= 0.3 is 0 Å². The summed E-state index contributed by atoms with van der Waals surface area (Å²) in [4.78, 5) is 0.705. The van der Waals surface area contributed by atoms with Gasteiger partial charge in [-0.1, -0.05) is 0 Å². The lowest BCUT2D eigenvalue weighted by Crippen LogP contribution is -1.86. The summed E-state index contributed by atoms with van der Waals surface area (Å²) in [5.41, 5.74) is 6.28. The summed E-state index contributed by atoms with van der Waals surface area (Å²) in [5, 5.41) is 11.8. The second-order valence-electron chi connectivity index (χ2n) is 2.49. The molecule has 0 fully saturated rings. The van der Waals surface area contributed by atoms with Crippen LogP contribution in [0.15, 0.2) is 22.4 Å². The molecule has 0 saturated heterocycles. The molecule has 0 amide bonds. The van der Waals surface area contributed by atoms with Crippen LogP contribution in [-0.4, -0.2) is 5.11 Å². The van der Waals surface area contributed by atoms with Crippen LogP contribution in [-0.2, 0) is 0 Å². The minimum Gasteiger partial charge on any atom is -0.506 e. The molecule has 1 heterocycles. The van der Waals surface area contributed by atoms with Gasteiger partial charge in [-0.2, -0.15) is 0 Å². The third kappa shape index (κ3) is 0.956. The summed E-state index contributed by atoms with van der Waals surface area (Å²) in [6.07, 6.45) is 0. The first-order chi connectivity index (χ1) is 5.70. The van der Waals surface area contributed by atoms with Gasteiger partial charge < -0.3 is 10.8 Å². The standard InChI is InChI=1S/C8H7NOS2/c9-8-5(11)1-2-6-7(8)4(10)3-12-6/h1-3,10-11H,9H2. The Morgan fingerprint density at radius 2 is 2.17 bits per heavy atom. The van der Waals surface area contributed by atoms with Gasteiger partial charge in [-0.25, -0.2) is 0 Å². The van der Waals surface area contributed by atoms with Crippen LogP contribution >= 0.6 is 24.0 Å². The smallest absolute Gasteiger partial charge is 0.136 e. The van der Waals surface area contributed by atoms with Gasteiger partial charge in [-0.05, 0) is 12.1 Å². The van der Waals surface area contributed by atoms with Crippen LogP contribution < -0.4 is 5.73 Å². The third-order valence-corrected chi connectivity index (χ3v) is 3.06. The number of anilines is 1. The van der Waals surface area contributed by atoms with Crippen molar-refractivity contribution in [1.29, 1.82) is 0 Å². The Hall–Kier alpha value is -0.870. The molecule has 1 aromatic heterocycles. The van der Waals surface area contributed by atoms with Gasteiger partial charge in [0.15, 0.2) is 0 Å². The highest BCUT2D eigenvalue weighted by Gasteiger charge is 2.07. The molecule has 2 rings (SSSR count). The van der Waals surface area contributed by atoms with Gasteiger partial charge in [0, 0.05) is 15.0 Å². The van der Waals surface area contributed by atoms with E-state index in [1.54, 1.807) is 5.38 Å². The zero-order valence-electron chi connectivity index (χ0n) is 6.11. The number of thiol groups is 1. The topological polar surface area (TPSA) is 46.2 Å². The normalized spacial score (nSPS) is 10.8. The summed E-state index contributed by atoms with van der Waals surface area (Å²) in [6, 6.07) is 3.73. The molecule has 3 N–H and O–H groups in total. The van der Waals surface area contributed by atoms with Crippen molar-refractivity contribution < 1.29 is 5.11 Å². The Labute approximate surface area is 79.0 Å². The van der Waals surface area contributed by atoms with Crippen molar-refractivity contribution >= 4 is 39.7 Å². The molecule has 2 nitrogen and oxygen atoms in total. The molecule has 0 saturated carbocycles. The number of aromatic hydroxyl groups is 1. The molecule has 1 aromatic carbocycles. The van der Waals surface area contributed by atoms with E-state index >= 15 is 0 Å². The first kappa shape index (κ1) is 7.76. The number of nitrogen functional groups attached to an aromatic ring is 1. The fourth-order valence-electron chi connectivity index (χ4n) is 1.13. The number of hydrogen-bond acceptors (Lipinski definition) is 4. The Bertz CT molecular complexity index is 436. The van der Waals surface area contributed by atoms with E-state index in [9.17, 15) is 5.11 Å². The zero-order valence-corrected chi connectivity index (χ0v) is 7.82. The SMILES string of the molecule is Nc1c(S)ccc2scc(O)c12. The van der Waals surface area contributed by atoms with E-state index in [1.165, 1.54) is 11.3 Å². The molecule has 0 bridgehead atoms. The molecule has 4 heteroatoms. The molecule has 0 radical (unpaired) electrons. The van der Waals surface area contributed by atoms with Crippen molar-refractivity contribution in [2.45, 2.75) is 4.90 Å². The van der Waals surface area contributed by atoms with Gasteiger partial charge in [0.2, 0.25) is 0 Å². The highest BCUT2D eigenvalue weighted by Crippen LogP contribution is 2.38. The molecule has 0 aliphatic carbocycles. The molecule has 0 spiro atoms. The van der Waals surface area contributed by atoms with E-state index in [2.05, 4.69) is 12.6 Å². The highest BCUT2D eigenvalue weighted by atomic mass is 32.1. The lowest BCUT2D eigenvalue weighted by molar-refractivity contribution is 0.484. The molecule has 0 aliphatic heterocycles. The Balaban J connectivity index is 2.96. The number of rotatable bonds is 0. The summed E-state index contributed by atoms with van der Waals surface area (Å²) >= 11 is 5.64. The third-order valence-electron chi connectivity index (χ3n) is 1.74. The lowest BCUT2D eigenvalue weighted by atomic mass is 10.2. The van der Waals surface area contributed by atoms with Crippen molar-refractivity contribution in [3.63, 3.8) is 0 Å². The van der Waals surface area contributed by atoms with Gasteiger partial charge in [-0.3, -0.25) is 0 Å². The number of hydrogen-bond donors (Lipinski definition) is 3. The van der Waals surface area contributed by atoms with E-state index in [-0.39, 0.29) is 5.75 Å². The van der Waals surface area contributed by atoms with Crippen LogP contribution in [0.2, 0.25) is 0 Å². The van der Waals surface area contributed by atoms with Gasteiger partial charge in [0.25, 0.3) is 0 Å². The molecule has 0 unspecified atom stereocenters. The predicted molar refractivity (Wildman–Crippen MR) is 55.2 cm³/mol. The number of nitrogens with two attached hydrogens (primary N) is 1. The first-order valence-corrected chi connectivity index (χ1v) is 4.70. The van der Waals surface area contributed by atoms with Gasteiger partial charge in [0.05, 0.1) is 11.1 Å². The van der Waals surface area contributed by atoms with Crippen LogP contribution in [0.1, 0.15) is 0 Å². The molecule has 2 aromatic rings. The van der Waals surface area contributed by atoms with Crippen molar-refractivity contribution in [3.8, 4) is 5.75 Å². The van der Waals surface area contributed by atoms with Crippen molar-refractivity contribution in [2.75, 3.05) is 5.73 Å². The number of thiophene rings is 1. The van der Waals surface area contributed by atoms with Crippen molar-refractivity contribution in [2.24, 2.45) is 0 Å². The highest BCUT2D eigenvalue weighted by molar-refractivity contribution is 7.80. The van der Waals surface area contributed by atoms with Gasteiger partial charge in [-0.15, -0.1) is 24.0 Å². The Kier molecular flexibility index (Phi) is 1.66. The maximum atomic E-state index is 9.41. The molecule has 0 aliphatic rings. The van der Waals surface area contributed by atoms with Crippen LogP contribution in [0.3, 0.4) is 0 Å². The van der Waals surface area contributed by atoms with E-state index in [0.717, 1.165) is 4.70 Å². The fourth-order valence-corrected chi connectivity index (χ4v) is 2.15. The average molecular weight is 197 g/mol. The van der Waals surface area contributed by atoms with Crippen LogP contribution in [0.4, 0.5) is 5.69 Å². The average Bonchev–Trinajstić information content (AvgIpc) is 2.41. The van der Waals surface area contributed by atoms with Crippen molar-refractivity contribution in [1.82, 2.24) is 0 Å². The molecular formula is C8H7NOS2. The van der Waals surface area contributed by atoms with Crippen LogP contribution in [0.5, 0.6) is 5.75 Å². The molecule has 12 heavy (non-hydrogen) atoms. The van der Waals surface area contributed by atoms with Gasteiger partial charge in [0.1, 0.15) is 5.75 Å². The van der Waals surface area contributed by atoms with Crippen LogP contribution in [0, 0.1) is 0 Å². The second kappa shape index (κ2) is 2.57. The molecule has 62 valence electrons. The monoisotopic (exact) mass is 197 g/mol. The Morgan fingerprint density at radius 3 is 2.92 bits per heavy atom. The molecular weight excluding hydrogens is 190 g/mol. The minimum atomic E-state index is 0.239. The van der Waals surface area contributed by atoms with Crippen molar-refractivity contribution in [3.05, 3.63) is 17.5 Å². The second-order valence-corrected chi connectivity index (χ2v) is 3.89. The van der Waals surface area contributed by atoms with E-state index in [1.807, 2.05) is 12.1 Å². The minimum absolute atomic E-state index is 0.239. The lowest BCUT2D eigenvalue weighted by Gasteiger charge is -1.99. The maximum Gasteiger partial charge on any atom is 0.136 e. The van der Waals surface area contributed by atoms with E-state index in [4.69, 9.17) is 5.73 Å². The summed E-state index contributed by atoms with van der Waals surface area (Å²) < 4.78 is 0.989.